The molecule has 0 saturated heterocycles. The summed E-state index contributed by atoms with van der Waals surface area (Å²) in [5, 5.41) is 5.33. The van der Waals surface area contributed by atoms with E-state index >= 15 is 0 Å². The van der Waals surface area contributed by atoms with E-state index in [1.807, 2.05) is 31.2 Å². The molecule has 1 rings (SSSR count). The van der Waals surface area contributed by atoms with Crippen molar-refractivity contribution in [3.05, 3.63) is 24.3 Å². The number of rotatable bonds is 9. The molecule has 0 heterocycles. The number of anilines is 1. The van der Waals surface area contributed by atoms with Gasteiger partial charge >= 0.3 is 6.03 Å². The number of amides is 3. The monoisotopic (exact) mass is 293 g/mol. The smallest absolute Gasteiger partial charge is 0.312 e. The molecular formula is C15H23N3O3. The molecule has 0 aliphatic rings. The predicted octanol–water partition coefficient (Wildman–Crippen LogP) is 2.25. The number of unbranched alkanes of at least 4 members (excludes halogenated alkanes) is 1. The van der Waals surface area contributed by atoms with Crippen LogP contribution in [0, 0.1) is 0 Å². The molecule has 0 saturated carbocycles. The maximum atomic E-state index is 11.9. The Labute approximate surface area is 125 Å². The van der Waals surface area contributed by atoms with Gasteiger partial charge in [0.2, 0.25) is 5.91 Å². The third-order valence-electron chi connectivity index (χ3n) is 2.75. The predicted molar refractivity (Wildman–Crippen MR) is 82.3 cm³/mol. The molecular weight excluding hydrogens is 270 g/mol. The quantitative estimate of drug-likeness (QED) is 0.610. The van der Waals surface area contributed by atoms with Crippen molar-refractivity contribution in [1.29, 1.82) is 0 Å². The average molecular weight is 293 g/mol. The second kappa shape index (κ2) is 9.63. The van der Waals surface area contributed by atoms with Crippen molar-refractivity contribution in [2.75, 3.05) is 18.5 Å². The first-order valence-electron chi connectivity index (χ1n) is 7.18. The Balaban J connectivity index is 2.35. The lowest BCUT2D eigenvalue weighted by molar-refractivity contribution is -0.116. The van der Waals surface area contributed by atoms with Gasteiger partial charge < -0.3 is 21.1 Å². The lowest BCUT2D eigenvalue weighted by atomic mass is 10.2. The highest BCUT2D eigenvalue weighted by molar-refractivity contribution is 5.92. The molecule has 0 aromatic heterocycles. The van der Waals surface area contributed by atoms with Gasteiger partial charge in [-0.05, 0) is 31.4 Å². The lowest BCUT2D eigenvalue weighted by Crippen LogP contribution is -2.30. The van der Waals surface area contributed by atoms with Crippen LogP contribution in [0.25, 0.3) is 0 Å². The van der Waals surface area contributed by atoms with E-state index in [-0.39, 0.29) is 5.91 Å². The average Bonchev–Trinajstić information content (AvgIpc) is 2.45. The van der Waals surface area contributed by atoms with Crippen molar-refractivity contribution in [3.8, 4) is 5.75 Å². The van der Waals surface area contributed by atoms with Gasteiger partial charge in [-0.3, -0.25) is 4.79 Å². The number of ether oxygens (including phenoxy) is 1. The number of urea groups is 1. The summed E-state index contributed by atoms with van der Waals surface area (Å²) in [6.45, 7) is 3.13. The van der Waals surface area contributed by atoms with Crippen LogP contribution in [-0.4, -0.2) is 25.1 Å². The minimum Gasteiger partial charge on any atom is -0.491 e. The summed E-state index contributed by atoms with van der Waals surface area (Å²) in [5.74, 6) is 0.615. The van der Waals surface area contributed by atoms with Crippen molar-refractivity contribution in [2.24, 2.45) is 5.73 Å². The van der Waals surface area contributed by atoms with E-state index in [1.54, 1.807) is 0 Å². The topological polar surface area (TPSA) is 93.4 Å². The first kappa shape index (κ1) is 16.8. The van der Waals surface area contributed by atoms with Crippen molar-refractivity contribution in [3.63, 3.8) is 0 Å². The summed E-state index contributed by atoms with van der Waals surface area (Å²) < 4.78 is 5.58. The number of nitrogens with two attached hydrogens (primary N) is 1. The van der Waals surface area contributed by atoms with Gasteiger partial charge in [-0.2, -0.15) is 0 Å². The fraction of sp³-hybridized carbons (Fsp3) is 0.467. The van der Waals surface area contributed by atoms with Crippen LogP contribution in [0.4, 0.5) is 10.5 Å². The molecule has 1 aromatic rings. The minimum atomic E-state index is -0.540. The maximum absolute atomic E-state index is 11.9. The van der Waals surface area contributed by atoms with Gasteiger partial charge in [0.15, 0.2) is 0 Å². The van der Waals surface area contributed by atoms with E-state index in [9.17, 15) is 9.59 Å². The van der Waals surface area contributed by atoms with Crippen LogP contribution in [0.5, 0.6) is 5.75 Å². The largest absolute Gasteiger partial charge is 0.491 e. The van der Waals surface area contributed by atoms with Gasteiger partial charge in [0.1, 0.15) is 5.75 Å². The number of carbonyl (C=O) groups excluding carboxylic acids is 2. The van der Waals surface area contributed by atoms with Gasteiger partial charge in [-0.15, -0.1) is 0 Å². The highest BCUT2D eigenvalue weighted by Gasteiger charge is 2.07. The summed E-state index contributed by atoms with van der Waals surface area (Å²) >= 11 is 0. The van der Waals surface area contributed by atoms with E-state index in [4.69, 9.17) is 10.5 Å². The summed E-state index contributed by atoms with van der Waals surface area (Å²) in [4.78, 5) is 22.3. The van der Waals surface area contributed by atoms with Gasteiger partial charge in [-0.25, -0.2) is 4.79 Å². The van der Waals surface area contributed by atoms with Crippen LogP contribution < -0.4 is 21.1 Å². The number of hydrogen-bond donors (Lipinski definition) is 3. The zero-order valence-electron chi connectivity index (χ0n) is 12.4. The fourth-order valence-electron chi connectivity index (χ4n) is 1.74. The van der Waals surface area contributed by atoms with Gasteiger partial charge in [0.05, 0.1) is 12.3 Å². The van der Waals surface area contributed by atoms with Crippen LogP contribution in [0.1, 0.15) is 32.6 Å². The molecule has 0 atom stereocenters. The standard InChI is InChI=1S/C15H23N3O3/c1-2-11-21-13-8-4-3-7-12(13)18-14(19)9-5-6-10-17-15(16)20/h3-4,7-8H,2,5-6,9-11H2,1H3,(H,18,19)(H3,16,17,20). The van der Waals surface area contributed by atoms with Crippen LogP contribution >= 0.6 is 0 Å². The number of nitrogens with one attached hydrogen (secondary N) is 2. The number of primary amides is 1. The van der Waals surface area contributed by atoms with Gasteiger partial charge in [0.25, 0.3) is 0 Å². The van der Waals surface area contributed by atoms with E-state index in [0.717, 1.165) is 6.42 Å². The second-order valence-electron chi connectivity index (χ2n) is 4.64. The number of para-hydroxylation sites is 2. The normalized spacial score (nSPS) is 9.95. The van der Waals surface area contributed by atoms with Crippen molar-refractivity contribution >= 4 is 17.6 Å². The first-order valence-corrected chi connectivity index (χ1v) is 7.18. The highest BCUT2D eigenvalue weighted by atomic mass is 16.5. The summed E-state index contributed by atoms with van der Waals surface area (Å²) in [6.07, 6.45) is 2.70. The van der Waals surface area contributed by atoms with E-state index < -0.39 is 6.03 Å². The molecule has 6 nitrogen and oxygen atoms in total. The third-order valence-corrected chi connectivity index (χ3v) is 2.75. The van der Waals surface area contributed by atoms with E-state index in [0.29, 0.717) is 43.9 Å². The summed E-state index contributed by atoms with van der Waals surface area (Å²) in [6, 6.07) is 6.84. The van der Waals surface area contributed by atoms with Crippen LogP contribution in [0.3, 0.4) is 0 Å². The Kier molecular flexibility index (Phi) is 7.71. The Hall–Kier alpha value is -2.24. The third kappa shape index (κ3) is 7.20. The molecule has 0 unspecified atom stereocenters. The molecule has 0 aliphatic heterocycles. The Morgan fingerprint density at radius 2 is 2.00 bits per heavy atom. The minimum absolute atomic E-state index is 0.0679. The second-order valence-corrected chi connectivity index (χ2v) is 4.64. The van der Waals surface area contributed by atoms with Crippen LogP contribution in [0.15, 0.2) is 24.3 Å². The van der Waals surface area contributed by atoms with E-state index in [2.05, 4.69) is 10.6 Å². The molecule has 0 spiro atoms. The molecule has 0 bridgehead atoms. The molecule has 6 heteroatoms. The van der Waals surface area contributed by atoms with Gasteiger partial charge in [0, 0.05) is 13.0 Å². The van der Waals surface area contributed by atoms with Crippen LogP contribution in [0.2, 0.25) is 0 Å². The van der Waals surface area contributed by atoms with Crippen molar-refractivity contribution in [2.45, 2.75) is 32.6 Å². The number of hydrogen-bond acceptors (Lipinski definition) is 3. The number of benzene rings is 1. The molecule has 4 N–H and O–H groups in total. The number of carbonyl (C=O) groups is 2. The Morgan fingerprint density at radius 3 is 2.71 bits per heavy atom. The Morgan fingerprint density at radius 1 is 1.24 bits per heavy atom. The van der Waals surface area contributed by atoms with Crippen molar-refractivity contribution < 1.29 is 14.3 Å². The zero-order valence-corrected chi connectivity index (χ0v) is 12.4. The summed E-state index contributed by atoms with van der Waals surface area (Å²) in [7, 11) is 0. The van der Waals surface area contributed by atoms with Gasteiger partial charge in [-0.1, -0.05) is 19.1 Å². The first-order chi connectivity index (χ1) is 10.1. The molecule has 1 aromatic carbocycles. The molecule has 0 aliphatic carbocycles. The molecule has 0 fully saturated rings. The molecule has 3 amide bonds. The maximum Gasteiger partial charge on any atom is 0.312 e. The SMILES string of the molecule is CCCOc1ccccc1NC(=O)CCCCNC(N)=O. The van der Waals surface area contributed by atoms with E-state index in [1.165, 1.54) is 0 Å². The van der Waals surface area contributed by atoms with Crippen molar-refractivity contribution in [1.82, 2.24) is 5.32 Å². The lowest BCUT2D eigenvalue weighted by Gasteiger charge is -2.11. The zero-order chi connectivity index (χ0) is 15.5. The Bertz CT molecular complexity index is 463. The fourth-order valence-corrected chi connectivity index (χ4v) is 1.74. The molecule has 21 heavy (non-hydrogen) atoms. The summed E-state index contributed by atoms with van der Waals surface area (Å²) in [5.41, 5.74) is 5.64. The highest BCUT2D eigenvalue weighted by Crippen LogP contribution is 2.24. The molecule has 116 valence electrons. The van der Waals surface area contributed by atoms with Crippen LogP contribution in [-0.2, 0) is 4.79 Å². The molecule has 0 radical (unpaired) electrons.